The van der Waals surface area contributed by atoms with Crippen LogP contribution in [-0.2, 0) is 5.54 Å². The molecule has 2 amide bonds. The molecule has 0 spiro atoms. The van der Waals surface area contributed by atoms with Gasteiger partial charge in [0, 0.05) is 69.3 Å². The summed E-state index contributed by atoms with van der Waals surface area (Å²) < 4.78 is 0. The number of halogens is 3. The molecule has 2 aromatic carbocycles. The largest absolute Gasteiger partial charge is 0.369 e. The molecule has 2 aromatic rings. The Balaban J connectivity index is 0.00000169. The summed E-state index contributed by atoms with van der Waals surface area (Å²) in [5.41, 5.74) is 3.68. The first kappa shape index (κ1) is 32.5. The van der Waals surface area contributed by atoms with Crippen molar-refractivity contribution in [3.63, 3.8) is 0 Å². The number of para-hydroxylation sites is 1. The number of rotatable bonds is 4. The molecule has 1 aliphatic carbocycles. The summed E-state index contributed by atoms with van der Waals surface area (Å²) in [5, 5.41) is 3.21. The molecule has 3 aliphatic rings. The minimum Gasteiger partial charge on any atom is -0.369 e. The highest BCUT2D eigenvalue weighted by atomic mass is 35.5. The predicted molar refractivity (Wildman–Crippen MR) is 166 cm³/mol. The normalized spacial score (nSPS) is 24.4. The second-order valence-electron chi connectivity index (χ2n) is 10.8. The van der Waals surface area contributed by atoms with Crippen LogP contribution in [0, 0.1) is 5.92 Å². The Bertz CT molecular complexity index is 987. The number of nitrogens with one attached hydrogen (secondary N) is 1. The van der Waals surface area contributed by atoms with Crippen molar-refractivity contribution < 1.29 is 4.79 Å². The molecule has 2 aliphatic heterocycles. The quantitative estimate of drug-likeness (QED) is 0.482. The van der Waals surface area contributed by atoms with Gasteiger partial charge in [0.25, 0.3) is 0 Å². The topological polar surface area (TPSA) is 42.1 Å². The molecule has 2 heterocycles. The number of benzene rings is 2. The van der Waals surface area contributed by atoms with Crippen molar-refractivity contribution >= 4 is 54.6 Å². The smallest absolute Gasteiger partial charge is 0.321 e. The fraction of sp³-hybridized carbons (Fsp3) is 0.552. The highest BCUT2D eigenvalue weighted by molar-refractivity contribution is 5.89. The van der Waals surface area contributed by atoms with Gasteiger partial charge >= 0.3 is 6.03 Å². The standard InChI is InChI=1S/C29H41N5O.3ClH/c1-24-11-13-29(14-12-24,34-21-19-32(20-22-34)27-9-4-3-5-10-27)25-7-6-8-26(23-25)30-28(35)33-17-15-31(2)16-18-33;;;/h3-10,23-24H,11-22H2,1-2H3,(H,30,35);3*1H. The molecule has 6 nitrogen and oxygen atoms in total. The maximum absolute atomic E-state index is 12.9. The number of anilines is 2. The fourth-order valence-electron chi connectivity index (χ4n) is 6.16. The highest BCUT2D eigenvalue weighted by Crippen LogP contribution is 2.45. The number of hydrogen-bond acceptors (Lipinski definition) is 4. The Labute approximate surface area is 247 Å². The molecular weight excluding hydrogens is 541 g/mol. The summed E-state index contributed by atoms with van der Waals surface area (Å²) in [4.78, 5) is 22.4. The molecular formula is C29H44Cl3N5O. The van der Waals surface area contributed by atoms with Crippen LogP contribution in [0.2, 0.25) is 0 Å². The third-order valence-electron chi connectivity index (χ3n) is 8.55. The zero-order valence-electron chi connectivity index (χ0n) is 22.7. The van der Waals surface area contributed by atoms with Gasteiger partial charge in [0.15, 0.2) is 0 Å². The Morgan fingerprint density at radius 1 is 0.816 bits per heavy atom. The summed E-state index contributed by atoms with van der Waals surface area (Å²) >= 11 is 0. The van der Waals surface area contributed by atoms with Crippen LogP contribution in [-0.4, -0.2) is 80.1 Å². The zero-order valence-corrected chi connectivity index (χ0v) is 25.1. The van der Waals surface area contributed by atoms with Gasteiger partial charge in [-0.1, -0.05) is 37.3 Å². The maximum Gasteiger partial charge on any atom is 0.321 e. The first-order valence-electron chi connectivity index (χ1n) is 13.4. The minimum atomic E-state index is 0. The van der Waals surface area contributed by atoms with Crippen molar-refractivity contribution in [1.82, 2.24) is 14.7 Å². The van der Waals surface area contributed by atoms with Crippen LogP contribution in [0.5, 0.6) is 0 Å². The van der Waals surface area contributed by atoms with Crippen molar-refractivity contribution in [3.8, 4) is 0 Å². The van der Waals surface area contributed by atoms with Gasteiger partial charge in [-0.05, 0) is 68.5 Å². The molecule has 0 bridgehead atoms. The zero-order chi connectivity index (χ0) is 24.3. The average Bonchev–Trinajstić information content (AvgIpc) is 2.90. The second kappa shape index (κ2) is 14.6. The van der Waals surface area contributed by atoms with Crippen molar-refractivity contribution in [2.24, 2.45) is 5.92 Å². The summed E-state index contributed by atoms with van der Waals surface area (Å²) in [6.45, 7) is 10.1. The Kier molecular flexibility index (Phi) is 12.5. The second-order valence-corrected chi connectivity index (χ2v) is 10.8. The molecule has 0 radical (unpaired) electrons. The number of likely N-dealkylation sites (N-methyl/N-ethyl adjacent to an activating group) is 1. The van der Waals surface area contributed by atoms with E-state index in [9.17, 15) is 4.79 Å². The SMILES string of the molecule is CC1CCC(c2cccc(NC(=O)N3CCN(C)CC3)c2)(N2CCN(c3ccccc3)CC2)CC1.Cl.Cl.Cl. The van der Waals surface area contributed by atoms with Crippen LogP contribution < -0.4 is 10.2 Å². The van der Waals surface area contributed by atoms with Crippen LogP contribution in [0.3, 0.4) is 0 Å². The van der Waals surface area contributed by atoms with Crippen LogP contribution in [0.25, 0.3) is 0 Å². The van der Waals surface area contributed by atoms with Crippen LogP contribution in [0.15, 0.2) is 54.6 Å². The lowest BCUT2D eigenvalue weighted by Crippen LogP contribution is -2.56. The number of carbonyl (C=O) groups excluding carboxylic acids is 1. The molecule has 1 saturated carbocycles. The molecule has 0 unspecified atom stereocenters. The van der Waals surface area contributed by atoms with E-state index in [1.165, 1.54) is 36.9 Å². The first-order valence-corrected chi connectivity index (χ1v) is 13.4. The molecule has 5 rings (SSSR count). The van der Waals surface area contributed by atoms with Gasteiger partial charge in [-0.15, -0.1) is 37.2 Å². The number of carbonyl (C=O) groups is 1. The lowest BCUT2D eigenvalue weighted by molar-refractivity contribution is 0.0299. The molecule has 0 aromatic heterocycles. The molecule has 3 fully saturated rings. The maximum atomic E-state index is 12.9. The van der Waals surface area contributed by atoms with Gasteiger partial charge in [0.05, 0.1) is 0 Å². The Morgan fingerprint density at radius 2 is 1.45 bits per heavy atom. The van der Waals surface area contributed by atoms with E-state index >= 15 is 0 Å². The Morgan fingerprint density at radius 3 is 2.08 bits per heavy atom. The summed E-state index contributed by atoms with van der Waals surface area (Å²) in [6, 6.07) is 19.6. The predicted octanol–water partition coefficient (Wildman–Crippen LogP) is 5.96. The van der Waals surface area contributed by atoms with E-state index < -0.39 is 0 Å². The van der Waals surface area contributed by atoms with Crippen molar-refractivity contribution in [1.29, 1.82) is 0 Å². The van der Waals surface area contributed by atoms with Crippen molar-refractivity contribution in [2.75, 3.05) is 69.6 Å². The van der Waals surface area contributed by atoms with Crippen LogP contribution >= 0.6 is 37.2 Å². The summed E-state index contributed by atoms with van der Waals surface area (Å²) in [5.74, 6) is 0.786. The van der Waals surface area contributed by atoms with E-state index in [0.717, 1.165) is 64.0 Å². The van der Waals surface area contributed by atoms with E-state index in [1.807, 2.05) is 11.0 Å². The molecule has 212 valence electrons. The van der Waals surface area contributed by atoms with Crippen molar-refractivity contribution in [2.45, 2.75) is 38.1 Å². The van der Waals surface area contributed by atoms with Gasteiger partial charge in [-0.3, -0.25) is 4.90 Å². The average molecular weight is 585 g/mol. The fourth-order valence-corrected chi connectivity index (χ4v) is 6.16. The molecule has 1 N–H and O–H groups in total. The van der Waals surface area contributed by atoms with Crippen molar-refractivity contribution in [3.05, 3.63) is 60.2 Å². The molecule has 0 atom stereocenters. The summed E-state index contributed by atoms with van der Waals surface area (Å²) in [7, 11) is 2.11. The van der Waals surface area contributed by atoms with E-state index in [1.54, 1.807) is 0 Å². The van der Waals surface area contributed by atoms with E-state index in [0.29, 0.717) is 0 Å². The van der Waals surface area contributed by atoms with Gasteiger partial charge < -0.3 is 20.0 Å². The number of hydrogen-bond donors (Lipinski definition) is 1. The van der Waals surface area contributed by atoms with Gasteiger partial charge in [0.2, 0.25) is 0 Å². The monoisotopic (exact) mass is 583 g/mol. The highest BCUT2D eigenvalue weighted by Gasteiger charge is 2.42. The molecule has 9 heteroatoms. The van der Waals surface area contributed by atoms with Gasteiger partial charge in [0.1, 0.15) is 0 Å². The lowest BCUT2D eigenvalue weighted by Gasteiger charge is -2.51. The van der Waals surface area contributed by atoms with E-state index in [2.05, 4.69) is 82.5 Å². The van der Waals surface area contributed by atoms with Crippen LogP contribution in [0.1, 0.15) is 38.2 Å². The first-order chi connectivity index (χ1) is 17.0. The molecule has 2 saturated heterocycles. The number of amides is 2. The Hall–Kier alpha value is -1.70. The van der Waals surface area contributed by atoms with E-state index in [4.69, 9.17) is 0 Å². The number of piperazine rings is 2. The lowest BCUT2D eigenvalue weighted by atomic mass is 9.71. The summed E-state index contributed by atoms with van der Waals surface area (Å²) in [6.07, 6.45) is 4.90. The minimum absolute atomic E-state index is 0. The molecule has 38 heavy (non-hydrogen) atoms. The van der Waals surface area contributed by atoms with Crippen LogP contribution in [0.4, 0.5) is 16.2 Å². The third-order valence-corrected chi connectivity index (χ3v) is 8.55. The number of nitrogens with zero attached hydrogens (tertiary/aromatic N) is 4. The van der Waals surface area contributed by atoms with Gasteiger partial charge in [-0.25, -0.2) is 4.79 Å². The van der Waals surface area contributed by atoms with E-state index in [-0.39, 0.29) is 48.8 Å². The van der Waals surface area contributed by atoms with Gasteiger partial charge in [-0.2, -0.15) is 0 Å². The number of urea groups is 1. The third kappa shape index (κ3) is 7.28.